The summed E-state index contributed by atoms with van der Waals surface area (Å²) in [5, 5.41) is 12.7. The molecule has 98 valence electrons. The number of hydrogen-bond donors (Lipinski definition) is 2. The van der Waals surface area contributed by atoms with Gasteiger partial charge in [0.1, 0.15) is 5.75 Å². The second-order valence-corrected chi connectivity index (χ2v) is 4.74. The molecule has 1 saturated heterocycles. The van der Waals surface area contributed by atoms with Crippen molar-refractivity contribution in [2.24, 2.45) is 5.92 Å². The molecule has 0 aliphatic carbocycles. The average molecular weight is 249 g/mol. The van der Waals surface area contributed by atoms with Crippen molar-refractivity contribution in [2.45, 2.75) is 19.8 Å². The minimum Gasteiger partial charge on any atom is -0.507 e. The fourth-order valence-corrected chi connectivity index (χ4v) is 2.12. The van der Waals surface area contributed by atoms with E-state index in [1.54, 1.807) is 25.1 Å². The summed E-state index contributed by atoms with van der Waals surface area (Å²) >= 11 is 0. The number of phenolic OH excluding ortho intramolecular Hbond substituents is 1. The number of para-hydroxylation sites is 1. The minimum atomic E-state index is -0.206. The maximum atomic E-state index is 12.0. The van der Waals surface area contributed by atoms with Crippen LogP contribution in [0.4, 0.5) is 0 Å². The van der Waals surface area contributed by atoms with Gasteiger partial charge < -0.3 is 15.2 Å². The molecule has 1 heterocycles. The Bertz CT molecular complexity index is 425. The van der Waals surface area contributed by atoms with Gasteiger partial charge >= 0.3 is 0 Å². The van der Waals surface area contributed by atoms with Gasteiger partial charge in [-0.2, -0.15) is 0 Å². The number of nitrogens with one attached hydrogen (secondary N) is 1. The quantitative estimate of drug-likeness (QED) is 0.859. The molecule has 1 aliphatic rings. The molecule has 2 N–H and O–H groups in total. The first kappa shape index (κ1) is 12.9. The Kier molecular flexibility index (Phi) is 4.20. The van der Waals surface area contributed by atoms with E-state index in [4.69, 9.17) is 4.74 Å². The van der Waals surface area contributed by atoms with E-state index < -0.39 is 0 Å². The van der Waals surface area contributed by atoms with Crippen LogP contribution in [-0.2, 0) is 4.74 Å². The van der Waals surface area contributed by atoms with E-state index in [0.717, 1.165) is 26.1 Å². The van der Waals surface area contributed by atoms with Crippen LogP contribution in [0.2, 0.25) is 0 Å². The van der Waals surface area contributed by atoms with E-state index in [1.807, 2.05) is 0 Å². The summed E-state index contributed by atoms with van der Waals surface area (Å²) in [6.45, 7) is 3.98. The van der Waals surface area contributed by atoms with E-state index >= 15 is 0 Å². The van der Waals surface area contributed by atoms with Crippen LogP contribution in [-0.4, -0.2) is 30.8 Å². The number of ether oxygens (including phenoxy) is 1. The largest absolute Gasteiger partial charge is 0.507 e. The fourth-order valence-electron chi connectivity index (χ4n) is 2.12. The molecule has 0 saturated carbocycles. The van der Waals surface area contributed by atoms with Crippen LogP contribution in [0, 0.1) is 12.8 Å². The Balaban J connectivity index is 1.93. The number of amides is 1. The summed E-state index contributed by atoms with van der Waals surface area (Å²) in [4.78, 5) is 12.0. The van der Waals surface area contributed by atoms with Crippen LogP contribution in [0.1, 0.15) is 28.8 Å². The van der Waals surface area contributed by atoms with Crippen molar-refractivity contribution in [3.8, 4) is 5.75 Å². The SMILES string of the molecule is Cc1cccc(C(=O)NCC2CCOCC2)c1O. The summed E-state index contributed by atoms with van der Waals surface area (Å²) in [7, 11) is 0. The summed E-state index contributed by atoms with van der Waals surface area (Å²) in [5.41, 5.74) is 1.07. The number of carbonyl (C=O) groups is 1. The van der Waals surface area contributed by atoms with Crippen molar-refractivity contribution < 1.29 is 14.6 Å². The molecule has 2 rings (SSSR count). The average Bonchev–Trinajstić information content (AvgIpc) is 2.40. The fraction of sp³-hybridized carbons (Fsp3) is 0.500. The number of aromatic hydroxyl groups is 1. The number of aryl methyl sites for hydroxylation is 1. The number of rotatable bonds is 3. The molecule has 1 aromatic carbocycles. The van der Waals surface area contributed by atoms with Crippen molar-refractivity contribution in [1.82, 2.24) is 5.32 Å². The van der Waals surface area contributed by atoms with Crippen molar-refractivity contribution >= 4 is 5.91 Å². The summed E-state index contributed by atoms with van der Waals surface area (Å²) in [6, 6.07) is 5.20. The van der Waals surface area contributed by atoms with Gasteiger partial charge in [0.15, 0.2) is 0 Å². The summed E-state index contributed by atoms with van der Waals surface area (Å²) in [6.07, 6.45) is 1.97. The predicted molar refractivity (Wildman–Crippen MR) is 68.7 cm³/mol. The number of benzene rings is 1. The first-order valence-electron chi connectivity index (χ1n) is 6.33. The monoisotopic (exact) mass is 249 g/mol. The molecular formula is C14H19NO3. The van der Waals surface area contributed by atoms with Gasteiger partial charge in [-0.3, -0.25) is 4.79 Å². The van der Waals surface area contributed by atoms with Crippen molar-refractivity contribution in [3.63, 3.8) is 0 Å². The Morgan fingerprint density at radius 1 is 1.44 bits per heavy atom. The van der Waals surface area contributed by atoms with E-state index in [0.29, 0.717) is 23.6 Å². The van der Waals surface area contributed by atoms with E-state index in [2.05, 4.69) is 5.32 Å². The van der Waals surface area contributed by atoms with E-state index in [1.165, 1.54) is 0 Å². The number of phenols is 1. The highest BCUT2D eigenvalue weighted by atomic mass is 16.5. The molecule has 4 nitrogen and oxygen atoms in total. The molecule has 1 aliphatic heterocycles. The highest BCUT2D eigenvalue weighted by Crippen LogP contribution is 2.21. The second kappa shape index (κ2) is 5.87. The van der Waals surface area contributed by atoms with Gasteiger partial charge in [-0.25, -0.2) is 0 Å². The normalized spacial score (nSPS) is 16.5. The zero-order valence-electron chi connectivity index (χ0n) is 10.6. The smallest absolute Gasteiger partial charge is 0.255 e. The van der Waals surface area contributed by atoms with Gasteiger partial charge in [-0.1, -0.05) is 12.1 Å². The van der Waals surface area contributed by atoms with Crippen molar-refractivity contribution in [1.29, 1.82) is 0 Å². The first-order valence-corrected chi connectivity index (χ1v) is 6.33. The lowest BCUT2D eigenvalue weighted by molar-refractivity contribution is 0.0642. The topological polar surface area (TPSA) is 58.6 Å². The Morgan fingerprint density at radius 2 is 2.17 bits per heavy atom. The maximum Gasteiger partial charge on any atom is 0.255 e. The molecule has 0 unspecified atom stereocenters. The molecule has 0 bridgehead atoms. The van der Waals surface area contributed by atoms with E-state index in [-0.39, 0.29) is 11.7 Å². The molecule has 1 amide bonds. The molecule has 0 atom stereocenters. The van der Waals surface area contributed by atoms with Gasteiger partial charge in [-0.05, 0) is 37.3 Å². The van der Waals surface area contributed by atoms with Gasteiger partial charge in [0.05, 0.1) is 5.56 Å². The maximum absolute atomic E-state index is 12.0. The van der Waals surface area contributed by atoms with Crippen LogP contribution in [0.3, 0.4) is 0 Å². The zero-order chi connectivity index (χ0) is 13.0. The Morgan fingerprint density at radius 3 is 2.89 bits per heavy atom. The lowest BCUT2D eigenvalue weighted by Crippen LogP contribution is -2.32. The third-order valence-corrected chi connectivity index (χ3v) is 3.37. The lowest BCUT2D eigenvalue weighted by Gasteiger charge is -2.22. The third kappa shape index (κ3) is 3.01. The highest BCUT2D eigenvalue weighted by molar-refractivity contribution is 5.97. The number of hydrogen-bond acceptors (Lipinski definition) is 3. The molecule has 4 heteroatoms. The van der Waals surface area contributed by atoms with Crippen LogP contribution < -0.4 is 5.32 Å². The van der Waals surface area contributed by atoms with Gasteiger partial charge in [0.2, 0.25) is 0 Å². The van der Waals surface area contributed by atoms with Gasteiger partial charge in [0, 0.05) is 19.8 Å². The molecular weight excluding hydrogens is 230 g/mol. The van der Waals surface area contributed by atoms with Crippen molar-refractivity contribution in [3.05, 3.63) is 29.3 Å². The molecule has 0 radical (unpaired) electrons. The Hall–Kier alpha value is -1.55. The molecule has 0 spiro atoms. The van der Waals surface area contributed by atoms with Crippen LogP contribution >= 0.6 is 0 Å². The standard InChI is InChI=1S/C14H19NO3/c1-10-3-2-4-12(13(10)16)14(17)15-9-11-5-7-18-8-6-11/h2-4,11,16H,5-9H2,1H3,(H,15,17). The van der Waals surface area contributed by atoms with Crippen molar-refractivity contribution in [2.75, 3.05) is 19.8 Å². The highest BCUT2D eigenvalue weighted by Gasteiger charge is 2.17. The van der Waals surface area contributed by atoms with Crippen LogP contribution in [0.15, 0.2) is 18.2 Å². The molecule has 0 aromatic heterocycles. The van der Waals surface area contributed by atoms with E-state index in [9.17, 15) is 9.90 Å². The van der Waals surface area contributed by atoms with Crippen LogP contribution in [0.5, 0.6) is 5.75 Å². The summed E-state index contributed by atoms with van der Waals surface area (Å²) in [5.74, 6) is 0.347. The molecule has 1 fully saturated rings. The lowest BCUT2D eigenvalue weighted by atomic mass is 10.0. The zero-order valence-corrected chi connectivity index (χ0v) is 10.6. The minimum absolute atomic E-state index is 0.0713. The molecule has 18 heavy (non-hydrogen) atoms. The predicted octanol–water partition coefficient (Wildman–Crippen LogP) is 1.86. The summed E-state index contributed by atoms with van der Waals surface area (Å²) < 4.78 is 5.27. The first-order chi connectivity index (χ1) is 8.68. The molecule has 1 aromatic rings. The number of carbonyl (C=O) groups excluding carboxylic acids is 1. The third-order valence-electron chi connectivity index (χ3n) is 3.37. The second-order valence-electron chi connectivity index (χ2n) is 4.74. The Labute approximate surface area is 107 Å². The van der Waals surface area contributed by atoms with Crippen LogP contribution in [0.25, 0.3) is 0 Å². The van der Waals surface area contributed by atoms with Gasteiger partial charge in [0.25, 0.3) is 5.91 Å². The van der Waals surface area contributed by atoms with Gasteiger partial charge in [-0.15, -0.1) is 0 Å².